The van der Waals surface area contributed by atoms with E-state index in [1.807, 2.05) is 0 Å². The number of carbonyl (C=O) groups is 2. The van der Waals surface area contributed by atoms with Crippen molar-refractivity contribution in [3.8, 4) is 11.7 Å². The lowest BCUT2D eigenvalue weighted by Crippen LogP contribution is -2.31. The van der Waals surface area contributed by atoms with Crippen molar-refractivity contribution >= 4 is 64.1 Å². The van der Waals surface area contributed by atoms with Gasteiger partial charge < -0.3 is 15.4 Å². The molecule has 2 N–H and O–H groups in total. The molecule has 3 heterocycles. The fraction of sp³-hybridized carbons (Fsp3) is 0.360. The lowest BCUT2D eigenvalue weighted by atomic mass is 9.92. The van der Waals surface area contributed by atoms with Crippen LogP contribution in [0.4, 0.5) is 5.69 Å². The molecule has 8 nitrogen and oxygen atoms in total. The highest BCUT2D eigenvalue weighted by molar-refractivity contribution is 8.00. The summed E-state index contributed by atoms with van der Waals surface area (Å²) in [6, 6.07) is 7.75. The topological polar surface area (TPSA) is 98.1 Å². The molecule has 0 atom stereocenters. The molecule has 2 amide bonds. The lowest BCUT2D eigenvalue weighted by Gasteiger charge is -2.24. The predicted octanol–water partition coefficient (Wildman–Crippen LogP) is 6.14. The minimum absolute atomic E-state index is 0.0116. The van der Waals surface area contributed by atoms with Gasteiger partial charge in [-0.2, -0.15) is 11.8 Å². The van der Waals surface area contributed by atoms with Gasteiger partial charge in [-0.25, -0.2) is 9.67 Å². The van der Waals surface area contributed by atoms with Crippen LogP contribution in [0, 0.1) is 5.41 Å². The third-order valence-electron chi connectivity index (χ3n) is 5.45. The lowest BCUT2D eigenvalue weighted by molar-refractivity contribution is 0.0950. The van der Waals surface area contributed by atoms with Crippen molar-refractivity contribution in [2.75, 3.05) is 23.4 Å². The molecule has 12 heteroatoms. The van der Waals surface area contributed by atoms with Crippen molar-refractivity contribution in [1.82, 2.24) is 20.1 Å². The molecule has 0 radical (unpaired) electrons. The second kappa shape index (κ2) is 11.5. The van der Waals surface area contributed by atoms with Crippen LogP contribution in [-0.2, 0) is 0 Å². The summed E-state index contributed by atoms with van der Waals surface area (Å²) >= 11 is 20.7. The monoisotopic (exact) mass is 581 g/mol. The third-order valence-corrected chi connectivity index (χ3v) is 7.48. The van der Waals surface area contributed by atoms with Gasteiger partial charge in [-0.05, 0) is 36.1 Å². The number of hydrogen-bond donors (Lipinski definition) is 2. The van der Waals surface area contributed by atoms with Crippen molar-refractivity contribution in [3.63, 3.8) is 0 Å². The number of aromatic nitrogens is 3. The molecular formula is C25H26Cl3N5O3S. The molecule has 0 unspecified atom stereocenters. The average Bonchev–Trinajstić information content (AvgIpc) is 3.21. The molecule has 0 aliphatic carbocycles. The smallest absolute Gasteiger partial charge is 0.274 e. The van der Waals surface area contributed by atoms with Gasteiger partial charge in [-0.15, -0.1) is 5.10 Å². The Hall–Kier alpha value is -2.46. The summed E-state index contributed by atoms with van der Waals surface area (Å²) < 4.78 is 7.21. The Balaban J connectivity index is 1.65. The summed E-state index contributed by atoms with van der Waals surface area (Å²) in [5.74, 6) is 1.21. The number of hydrogen-bond acceptors (Lipinski definition) is 6. The van der Waals surface area contributed by atoms with Crippen LogP contribution in [-0.4, -0.2) is 50.7 Å². The summed E-state index contributed by atoms with van der Waals surface area (Å²) in [4.78, 5) is 30.8. The number of carbonyl (C=O) groups excluding carboxylic acids is 2. The number of amides is 2. The van der Waals surface area contributed by atoms with E-state index in [1.165, 1.54) is 22.9 Å². The quantitative estimate of drug-likeness (QED) is 0.331. The van der Waals surface area contributed by atoms with Gasteiger partial charge in [-0.3, -0.25) is 9.59 Å². The summed E-state index contributed by atoms with van der Waals surface area (Å²) in [5, 5.41) is 10.7. The number of anilines is 1. The van der Waals surface area contributed by atoms with Crippen LogP contribution in [0.15, 0.2) is 36.5 Å². The van der Waals surface area contributed by atoms with Gasteiger partial charge in [-0.1, -0.05) is 55.6 Å². The summed E-state index contributed by atoms with van der Waals surface area (Å²) in [6.45, 7) is 6.70. The van der Waals surface area contributed by atoms with Crippen LogP contribution < -0.4 is 15.4 Å². The number of ether oxygens (including phenoxy) is 1. The first kappa shape index (κ1) is 27.6. The van der Waals surface area contributed by atoms with Gasteiger partial charge in [0.2, 0.25) is 5.88 Å². The van der Waals surface area contributed by atoms with E-state index in [9.17, 15) is 9.59 Å². The minimum atomic E-state index is -0.583. The fourth-order valence-electron chi connectivity index (χ4n) is 3.43. The van der Waals surface area contributed by atoms with Crippen LogP contribution in [0.2, 0.25) is 15.1 Å². The molecule has 4 rings (SSSR count). The van der Waals surface area contributed by atoms with E-state index >= 15 is 0 Å². The number of nitrogens with one attached hydrogen (secondary N) is 2. The van der Waals surface area contributed by atoms with Gasteiger partial charge in [0.25, 0.3) is 11.8 Å². The Morgan fingerprint density at radius 2 is 1.89 bits per heavy atom. The predicted molar refractivity (Wildman–Crippen MR) is 149 cm³/mol. The molecule has 3 aromatic rings. The number of pyridine rings is 1. The molecule has 0 spiro atoms. The summed E-state index contributed by atoms with van der Waals surface area (Å²) in [5.41, 5.74) is 0.416. The summed E-state index contributed by atoms with van der Waals surface area (Å²) in [6.07, 6.45) is 2.32. The normalized spacial score (nSPS) is 13.7. The molecule has 1 fully saturated rings. The van der Waals surface area contributed by atoms with Crippen molar-refractivity contribution in [1.29, 1.82) is 0 Å². The molecule has 1 aromatic carbocycles. The molecule has 196 valence electrons. The standard InChI is InChI=1S/C25H26Cl3N5O3S/c1-25(2,3)6-8-30-23(34)16-9-14(26)10-18(28)21(16)31-24(35)19-11-20(36-15-12-37-13-15)32-33(19)22-17(27)5-4-7-29-22/h4-5,7,9-11,15H,6,8,12-13H2,1-3H3,(H,30,34)(H,31,35). The van der Waals surface area contributed by atoms with E-state index in [2.05, 4.69) is 41.5 Å². The molecule has 0 saturated carbocycles. The average molecular weight is 583 g/mol. The Bertz CT molecular complexity index is 1320. The first-order valence-electron chi connectivity index (χ1n) is 11.6. The highest BCUT2D eigenvalue weighted by Gasteiger charge is 2.26. The van der Waals surface area contributed by atoms with Crippen molar-refractivity contribution in [2.45, 2.75) is 33.3 Å². The van der Waals surface area contributed by atoms with E-state index in [0.717, 1.165) is 17.9 Å². The van der Waals surface area contributed by atoms with Crippen LogP contribution in [0.25, 0.3) is 5.82 Å². The summed E-state index contributed by atoms with van der Waals surface area (Å²) in [7, 11) is 0. The maximum atomic E-state index is 13.5. The Morgan fingerprint density at radius 1 is 1.14 bits per heavy atom. The maximum absolute atomic E-state index is 13.5. The molecule has 2 aromatic heterocycles. The van der Waals surface area contributed by atoms with Crippen LogP contribution in [0.5, 0.6) is 5.88 Å². The molecule has 37 heavy (non-hydrogen) atoms. The second-order valence-electron chi connectivity index (χ2n) is 9.70. The first-order valence-corrected chi connectivity index (χ1v) is 13.8. The maximum Gasteiger partial charge on any atom is 0.274 e. The Morgan fingerprint density at radius 3 is 2.54 bits per heavy atom. The number of benzene rings is 1. The zero-order chi connectivity index (χ0) is 26.7. The molecule has 1 aliphatic rings. The Kier molecular flexibility index (Phi) is 8.58. The van der Waals surface area contributed by atoms with Gasteiger partial charge >= 0.3 is 0 Å². The molecule has 1 saturated heterocycles. The van der Waals surface area contributed by atoms with Gasteiger partial charge in [0.05, 0.1) is 21.3 Å². The highest BCUT2D eigenvalue weighted by atomic mass is 35.5. The van der Waals surface area contributed by atoms with Crippen molar-refractivity contribution < 1.29 is 14.3 Å². The van der Waals surface area contributed by atoms with Crippen molar-refractivity contribution in [3.05, 3.63) is 62.9 Å². The molecule has 1 aliphatic heterocycles. The highest BCUT2D eigenvalue weighted by Crippen LogP contribution is 2.32. The Labute approximate surface area is 234 Å². The van der Waals surface area contributed by atoms with E-state index in [-0.39, 0.29) is 50.2 Å². The van der Waals surface area contributed by atoms with Gasteiger partial charge in [0.1, 0.15) is 11.8 Å². The first-order chi connectivity index (χ1) is 17.5. The van der Waals surface area contributed by atoms with Crippen molar-refractivity contribution in [2.24, 2.45) is 5.41 Å². The van der Waals surface area contributed by atoms with Crippen LogP contribution >= 0.6 is 46.6 Å². The van der Waals surface area contributed by atoms with E-state index in [4.69, 9.17) is 39.5 Å². The molecule has 0 bridgehead atoms. The van der Waals surface area contributed by atoms with E-state index in [0.29, 0.717) is 11.6 Å². The van der Waals surface area contributed by atoms with Gasteiger partial charge in [0, 0.05) is 35.3 Å². The number of rotatable bonds is 8. The third kappa shape index (κ3) is 6.90. The van der Waals surface area contributed by atoms with E-state index in [1.54, 1.807) is 30.1 Å². The zero-order valence-electron chi connectivity index (χ0n) is 20.5. The SMILES string of the molecule is CC(C)(C)CCNC(=O)c1cc(Cl)cc(Cl)c1NC(=O)c1cc(OC2CSC2)nn1-c1ncccc1Cl. The minimum Gasteiger partial charge on any atom is -0.472 e. The van der Waals surface area contributed by atoms with Crippen LogP contribution in [0.3, 0.4) is 0 Å². The number of thioether (sulfide) groups is 1. The second-order valence-corrected chi connectivity index (χ2v) is 12.0. The largest absolute Gasteiger partial charge is 0.472 e. The van der Waals surface area contributed by atoms with Crippen LogP contribution in [0.1, 0.15) is 48.0 Å². The molecular weight excluding hydrogens is 557 g/mol. The number of nitrogens with zero attached hydrogens (tertiary/aromatic N) is 3. The number of halogens is 3. The zero-order valence-corrected chi connectivity index (χ0v) is 23.6. The van der Waals surface area contributed by atoms with Gasteiger partial charge in [0.15, 0.2) is 5.82 Å². The fourth-order valence-corrected chi connectivity index (χ4v) is 4.74. The van der Waals surface area contributed by atoms with E-state index < -0.39 is 11.8 Å².